The third-order valence-corrected chi connectivity index (χ3v) is 2.54. The monoisotopic (exact) mass is 293 g/mol. The van der Waals surface area contributed by atoms with Gasteiger partial charge >= 0.3 is 11.9 Å². The van der Waals surface area contributed by atoms with Crippen LogP contribution in [0.2, 0.25) is 0 Å². The Bertz CT molecular complexity index is 597. The quantitative estimate of drug-likeness (QED) is 0.271. The predicted octanol–water partition coefficient (Wildman–Crippen LogP) is 2.24. The van der Waals surface area contributed by atoms with Gasteiger partial charge in [-0.15, -0.1) is 0 Å². The maximum Gasteiger partial charge on any atom is 0.349 e. The van der Waals surface area contributed by atoms with Crippen LogP contribution in [0.25, 0.3) is 0 Å². The largest absolute Gasteiger partial charge is 0.450 e. The number of hydrogen-bond donors (Lipinski definition) is 0. The Labute approximate surface area is 121 Å². The molecule has 0 spiro atoms. The highest BCUT2D eigenvalue weighted by atomic mass is 16.6. The van der Waals surface area contributed by atoms with Crippen molar-refractivity contribution in [2.45, 2.75) is 20.8 Å². The van der Waals surface area contributed by atoms with Crippen LogP contribution in [0, 0.1) is 24.0 Å². The third kappa shape index (κ3) is 4.41. The fourth-order valence-corrected chi connectivity index (χ4v) is 1.58. The van der Waals surface area contributed by atoms with Gasteiger partial charge in [-0.2, -0.15) is 0 Å². The first-order chi connectivity index (χ1) is 9.72. The molecule has 7 heteroatoms. The number of nitro benzene ring substituents is 1. The molecule has 0 saturated heterocycles. The third-order valence-electron chi connectivity index (χ3n) is 2.54. The molecule has 1 rings (SSSR count). The number of aryl methyl sites for hydroxylation is 2. The summed E-state index contributed by atoms with van der Waals surface area (Å²) >= 11 is 0. The summed E-state index contributed by atoms with van der Waals surface area (Å²) in [4.78, 5) is 32.9. The van der Waals surface area contributed by atoms with Crippen molar-refractivity contribution in [3.8, 4) is 5.75 Å². The molecule has 0 N–H and O–H groups in total. The molecular formula is C14H15NO6. The van der Waals surface area contributed by atoms with E-state index < -0.39 is 23.5 Å². The molecule has 0 saturated carbocycles. The van der Waals surface area contributed by atoms with Crippen LogP contribution < -0.4 is 4.74 Å². The van der Waals surface area contributed by atoms with Crippen molar-refractivity contribution in [3.05, 3.63) is 45.5 Å². The van der Waals surface area contributed by atoms with E-state index in [1.54, 1.807) is 13.8 Å². The van der Waals surface area contributed by atoms with E-state index in [1.165, 1.54) is 19.1 Å². The van der Waals surface area contributed by atoms with Gasteiger partial charge in [-0.3, -0.25) is 10.1 Å². The molecule has 1 aromatic carbocycles. The van der Waals surface area contributed by atoms with E-state index in [0.29, 0.717) is 11.1 Å². The van der Waals surface area contributed by atoms with Gasteiger partial charge in [0.1, 0.15) is 5.75 Å². The summed E-state index contributed by atoms with van der Waals surface area (Å²) in [5.41, 5.74) is 0.978. The SMILES string of the molecule is C=C(C)C(=O)OCC(=O)Oc1c(C)cc([N+](=O)[O-])cc1C. The molecule has 0 radical (unpaired) electrons. The number of nitro groups is 1. The average molecular weight is 293 g/mol. The van der Waals surface area contributed by atoms with Gasteiger partial charge in [-0.05, 0) is 31.9 Å². The second-order valence-electron chi connectivity index (χ2n) is 4.50. The first-order valence-electron chi connectivity index (χ1n) is 6.01. The van der Waals surface area contributed by atoms with Crippen molar-refractivity contribution in [2.24, 2.45) is 0 Å². The molecule has 0 bridgehead atoms. The van der Waals surface area contributed by atoms with E-state index >= 15 is 0 Å². The summed E-state index contributed by atoms with van der Waals surface area (Å²) in [5, 5.41) is 10.7. The zero-order valence-electron chi connectivity index (χ0n) is 12.0. The van der Waals surface area contributed by atoms with Crippen molar-refractivity contribution in [2.75, 3.05) is 6.61 Å². The summed E-state index contributed by atoms with van der Waals surface area (Å²) in [7, 11) is 0. The minimum Gasteiger partial charge on any atom is -0.450 e. The molecule has 0 atom stereocenters. The lowest BCUT2D eigenvalue weighted by molar-refractivity contribution is -0.385. The van der Waals surface area contributed by atoms with Crippen molar-refractivity contribution >= 4 is 17.6 Å². The van der Waals surface area contributed by atoms with E-state index in [-0.39, 0.29) is 17.0 Å². The summed E-state index contributed by atoms with van der Waals surface area (Å²) in [6.45, 7) is 7.46. The molecule has 1 aromatic rings. The van der Waals surface area contributed by atoms with Crippen LogP contribution in [0.15, 0.2) is 24.3 Å². The van der Waals surface area contributed by atoms with Crippen LogP contribution in [0.3, 0.4) is 0 Å². The van der Waals surface area contributed by atoms with Gasteiger partial charge in [0.15, 0.2) is 6.61 Å². The van der Waals surface area contributed by atoms with Crippen LogP contribution in [0.5, 0.6) is 5.75 Å². The first-order valence-corrected chi connectivity index (χ1v) is 6.01. The molecule has 0 aliphatic carbocycles. The van der Waals surface area contributed by atoms with Crippen LogP contribution in [-0.4, -0.2) is 23.5 Å². The van der Waals surface area contributed by atoms with Crippen LogP contribution >= 0.6 is 0 Å². The number of non-ortho nitro benzene ring substituents is 1. The standard InChI is InChI=1S/C14H15NO6/c1-8(2)14(17)20-7-12(16)21-13-9(3)5-11(15(18)19)6-10(13)4/h5-6H,1,7H2,2-4H3. The van der Waals surface area contributed by atoms with E-state index in [9.17, 15) is 19.7 Å². The second-order valence-corrected chi connectivity index (χ2v) is 4.50. The summed E-state index contributed by atoms with van der Waals surface area (Å²) in [6.07, 6.45) is 0. The number of hydrogen-bond acceptors (Lipinski definition) is 6. The number of ether oxygens (including phenoxy) is 2. The smallest absolute Gasteiger partial charge is 0.349 e. The number of nitrogens with zero attached hydrogens (tertiary/aromatic N) is 1. The lowest BCUT2D eigenvalue weighted by Gasteiger charge is -2.10. The van der Waals surface area contributed by atoms with Gasteiger partial charge < -0.3 is 9.47 Å². The molecular weight excluding hydrogens is 278 g/mol. The van der Waals surface area contributed by atoms with Gasteiger partial charge in [-0.25, -0.2) is 9.59 Å². The molecule has 0 aliphatic heterocycles. The van der Waals surface area contributed by atoms with E-state index in [4.69, 9.17) is 4.74 Å². The average Bonchev–Trinajstić information content (AvgIpc) is 2.39. The molecule has 0 amide bonds. The number of carbonyl (C=O) groups excluding carboxylic acids is 2. The topological polar surface area (TPSA) is 95.7 Å². The Kier molecular flexibility index (Phi) is 5.18. The zero-order valence-corrected chi connectivity index (χ0v) is 12.0. The van der Waals surface area contributed by atoms with Crippen LogP contribution in [0.1, 0.15) is 18.1 Å². The zero-order chi connectivity index (χ0) is 16.2. The van der Waals surface area contributed by atoms with Crippen molar-refractivity contribution in [1.82, 2.24) is 0 Å². The molecule has 112 valence electrons. The Morgan fingerprint density at radius 2 is 1.81 bits per heavy atom. The fourth-order valence-electron chi connectivity index (χ4n) is 1.58. The number of esters is 2. The molecule has 0 unspecified atom stereocenters. The van der Waals surface area contributed by atoms with Gasteiger partial charge in [0, 0.05) is 17.7 Å². The molecule has 0 heterocycles. The lowest BCUT2D eigenvalue weighted by Crippen LogP contribution is -2.19. The maximum atomic E-state index is 11.6. The van der Waals surface area contributed by atoms with E-state index in [1.807, 2.05) is 0 Å². The highest BCUT2D eigenvalue weighted by Gasteiger charge is 2.16. The second kappa shape index (κ2) is 6.65. The summed E-state index contributed by atoms with van der Waals surface area (Å²) in [6, 6.07) is 2.60. The van der Waals surface area contributed by atoms with E-state index in [2.05, 4.69) is 11.3 Å². The van der Waals surface area contributed by atoms with Gasteiger partial charge in [-0.1, -0.05) is 6.58 Å². The number of rotatable bonds is 5. The van der Waals surface area contributed by atoms with Gasteiger partial charge in [0.2, 0.25) is 0 Å². The molecule has 0 aliphatic rings. The Morgan fingerprint density at radius 3 is 2.24 bits per heavy atom. The Hall–Kier alpha value is -2.70. The molecule has 0 aromatic heterocycles. The first kappa shape index (κ1) is 16.4. The predicted molar refractivity (Wildman–Crippen MR) is 74.0 cm³/mol. The summed E-state index contributed by atoms with van der Waals surface area (Å²) in [5.74, 6) is -1.24. The molecule has 0 fully saturated rings. The minimum absolute atomic E-state index is 0.0847. The lowest BCUT2D eigenvalue weighted by atomic mass is 10.1. The van der Waals surface area contributed by atoms with Crippen molar-refractivity contribution in [3.63, 3.8) is 0 Å². The Morgan fingerprint density at radius 1 is 1.29 bits per heavy atom. The van der Waals surface area contributed by atoms with Crippen LogP contribution in [0.4, 0.5) is 5.69 Å². The highest BCUT2D eigenvalue weighted by molar-refractivity contribution is 5.88. The van der Waals surface area contributed by atoms with Crippen molar-refractivity contribution in [1.29, 1.82) is 0 Å². The highest BCUT2D eigenvalue weighted by Crippen LogP contribution is 2.28. The van der Waals surface area contributed by atoms with Crippen LogP contribution in [-0.2, 0) is 14.3 Å². The van der Waals surface area contributed by atoms with E-state index in [0.717, 1.165) is 0 Å². The molecule has 21 heavy (non-hydrogen) atoms. The fraction of sp³-hybridized carbons (Fsp3) is 0.286. The minimum atomic E-state index is -0.773. The number of benzene rings is 1. The normalized spacial score (nSPS) is 9.86. The number of carbonyl (C=O) groups is 2. The maximum absolute atomic E-state index is 11.6. The Balaban J connectivity index is 2.79. The van der Waals surface area contributed by atoms with Gasteiger partial charge in [0.25, 0.3) is 5.69 Å². The van der Waals surface area contributed by atoms with Gasteiger partial charge in [0.05, 0.1) is 4.92 Å². The van der Waals surface area contributed by atoms with Crippen molar-refractivity contribution < 1.29 is 24.0 Å². The summed E-state index contributed by atoms with van der Waals surface area (Å²) < 4.78 is 9.73. The molecule has 7 nitrogen and oxygen atoms in total.